The number of aryl methyl sites for hydroxylation is 1. The van der Waals surface area contributed by atoms with Gasteiger partial charge in [-0.15, -0.1) is 11.3 Å². The first kappa shape index (κ1) is 12.6. The summed E-state index contributed by atoms with van der Waals surface area (Å²) in [6.07, 6.45) is 3.16. The zero-order chi connectivity index (χ0) is 11.1. The van der Waals surface area contributed by atoms with E-state index in [4.69, 9.17) is 4.74 Å². The molecule has 0 aliphatic heterocycles. The highest BCUT2D eigenvalue weighted by Crippen LogP contribution is 2.19. The first-order valence-electron chi connectivity index (χ1n) is 5.42. The molecule has 1 rings (SSSR count). The molecule has 4 heteroatoms. The van der Waals surface area contributed by atoms with Crippen LogP contribution >= 0.6 is 11.3 Å². The van der Waals surface area contributed by atoms with Crippen molar-refractivity contribution in [1.29, 1.82) is 0 Å². The minimum Gasteiger partial charge on any atom is -0.385 e. The van der Waals surface area contributed by atoms with E-state index in [9.17, 15) is 0 Å². The van der Waals surface area contributed by atoms with E-state index >= 15 is 0 Å². The van der Waals surface area contributed by atoms with Gasteiger partial charge in [-0.2, -0.15) is 0 Å². The number of rotatable bonds is 7. The van der Waals surface area contributed by atoms with Gasteiger partial charge in [0.2, 0.25) is 0 Å². The topological polar surface area (TPSA) is 34.1 Å². The molecule has 0 saturated carbocycles. The lowest BCUT2D eigenvalue weighted by Gasteiger charge is -2.09. The summed E-state index contributed by atoms with van der Waals surface area (Å²) >= 11 is 1.75. The summed E-state index contributed by atoms with van der Waals surface area (Å²) in [5, 5.41) is 6.65. The van der Waals surface area contributed by atoms with Crippen molar-refractivity contribution in [3.63, 3.8) is 0 Å². The van der Waals surface area contributed by atoms with Crippen LogP contribution in [0, 0.1) is 0 Å². The van der Waals surface area contributed by atoms with E-state index in [1.54, 1.807) is 18.4 Å². The molecule has 0 aromatic carbocycles. The van der Waals surface area contributed by atoms with Crippen molar-refractivity contribution < 1.29 is 4.74 Å². The predicted octanol–water partition coefficient (Wildman–Crippen LogP) is 2.39. The van der Waals surface area contributed by atoms with Crippen LogP contribution < -0.4 is 5.32 Å². The SMILES string of the molecule is CCC(NC)c1csc(CCCOC)n1. The Morgan fingerprint density at radius 1 is 1.60 bits per heavy atom. The van der Waals surface area contributed by atoms with Gasteiger partial charge in [-0.05, 0) is 19.9 Å². The van der Waals surface area contributed by atoms with Crippen LogP contribution in [0.1, 0.15) is 36.5 Å². The fourth-order valence-electron chi connectivity index (χ4n) is 1.53. The van der Waals surface area contributed by atoms with E-state index in [1.807, 2.05) is 7.05 Å². The van der Waals surface area contributed by atoms with E-state index in [1.165, 1.54) is 10.7 Å². The highest BCUT2D eigenvalue weighted by Gasteiger charge is 2.10. The number of ether oxygens (including phenoxy) is 1. The molecule has 0 aliphatic carbocycles. The number of thiazole rings is 1. The van der Waals surface area contributed by atoms with E-state index in [0.29, 0.717) is 6.04 Å². The minimum absolute atomic E-state index is 0.400. The third-order valence-electron chi connectivity index (χ3n) is 2.42. The second-order valence-electron chi connectivity index (χ2n) is 3.51. The summed E-state index contributed by atoms with van der Waals surface area (Å²) in [5.41, 5.74) is 1.18. The van der Waals surface area contributed by atoms with Gasteiger partial charge in [0.25, 0.3) is 0 Å². The predicted molar refractivity (Wildman–Crippen MR) is 64.4 cm³/mol. The van der Waals surface area contributed by atoms with E-state index in [0.717, 1.165) is 25.9 Å². The van der Waals surface area contributed by atoms with E-state index in [2.05, 4.69) is 22.6 Å². The highest BCUT2D eigenvalue weighted by molar-refractivity contribution is 7.09. The maximum Gasteiger partial charge on any atom is 0.0929 e. The van der Waals surface area contributed by atoms with Crippen molar-refractivity contribution in [3.8, 4) is 0 Å². The molecule has 1 N–H and O–H groups in total. The Bertz CT molecular complexity index is 271. The number of aromatic nitrogens is 1. The Balaban J connectivity index is 2.47. The average Bonchev–Trinajstić information content (AvgIpc) is 2.69. The molecule has 3 nitrogen and oxygen atoms in total. The quantitative estimate of drug-likeness (QED) is 0.728. The molecule has 0 saturated heterocycles. The normalized spacial score (nSPS) is 13.0. The van der Waals surface area contributed by atoms with Crippen molar-refractivity contribution in [3.05, 3.63) is 16.1 Å². The smallest absolute Gasteiger partial charge is 0.0929 e. The maximum atomic E-state index is 5.02. The van der Waals surface area contributed by atoms with E-state index in [-0.39, 0.29) is 0 Å². The zero-order valence-corrected chi connectivity index (χ0v) is 10.6. The summed E-state index contributed by atoms with van der Waals surface area (Å²) in [6.45, 7) is 2.99. The molecule has 1 atom stereocenters. The Hall–Kier alpha value is -0.450. The van der Waals surface area contributed by atoms with Gasteiger partial charge in [0.15, 0.2) is 0 Å². The third-order valence-corrected chi connectivity index (χ3v) is 3.35. The largest absolute Gasteiger partial charge is 0.385 e. The first-order chi connectivity index (χ1) is 7.31. The number of methoxy groups -OCH3 is 1. The summed E-state index contributed by atoms with van der Waals surface area (Å²) in [5.74, 6) is 0. The number of hydrogen-bond donors (Lipinski definition) is 1. The number of nitrogens with zero attached hydrogens (tertiary/aromatic N) is 1. The molecule has 1 aromatic rings. The molecule has 1 heterocycles. The van der Waals surface area contributed by atoms with Crippen LogP contribution in [0.3, 0.4) is 0 Å². The van der Waals surface area contributed by atoms with Gasteiger partial charge >= 0.3 is 0 Å². The van der Waals surface area contributed by atoms with Gasteiger partial charge in [0.05, 0.1) is 10.7 Å². The maximum absolute atomic E-state index is 5.02. The number of hydrogen-bond acceptors (Lipinski definition) is 4. The molecule has 0 radical (unpaired) electrons. The van der Waals surface area contributed by atoms with Crippen LogP contribution in [0.5, 0.6) is 0 Å². The molecule has 0 fully saturated rings. The Labute approximate surface area is 95.9 Å². The summed E-state index contributed by atoms with van der Waals surface area (Å²) in [4.78, 5) is 4.62. The Morgan fingerprint density at radius 2 is 2.40 bits per heavy atom. The van der Waals surface area contributed by atoms with Crippen molar-refractivity contribution in [2.75, 3.05) is 20.8 Å². The molecule has 1 unspecified atom stereocenters. The average molecular weight is 228 g/mol. The fourth-order valence-corrected chi connectivity index (χ4v) is 2.42. The summed E-state index contributed by atoms with van der Waals surface area (Å²) in [6, 6.07) is 0.400. The van der Waals surface area contributed by atoms with Crippen molar-refractivity contribution in [1.82, 2.24) is 10.3 Å². The first-order valence-corrected chi connectivity index (χ1v) is 6.30. The van der Waals surface area contributed by atoms with Crippen LogP contribution in [-0.2, 0) is 11.2 Å². The second kappa shape index (κ2) is 6.93. The fraction of sp³-hybridized carbons (Fsp3) is 0.727. The second-order valence-corrected chi connectivity index (χ2v) is 4.45. The van der Waals surface area contributed by atoms with Gasteiger partial charge in [0, 0.05) is 31.6 Å². The van der Waals surface area contributed by atoms with Gasteiger partial charge in [-0.1, -0.05) is 6.92 Å². The summed E-state index contributed by atoms with van der Waals surface area (Å²) in [7, 11) is 3.72. The van der Waals surface area contributed by atoms with Crippen molar-refractivity contribution in [2.45, 2.75) is 32.2 Å². The van der Waals surface area contributed by atoms with Crippen molar-refractivity contribution >= 4 is 11.3 Å². The molecule has 86 valence electrons. The van der Waals surface area contributed by atoms with Gasteiger partial charge < -0.3 is 10.1 Å². The summed E-state index contributed by atoms with van der Waals surface area (Å²) < 4.78 is 5.02. The molecular weight excluding hydrogens is 208 g/mol. The molecule has 0 spiro atoms. The van der Waals surface area contributed by atoms with Gasteiger partial charge in [0.1, 0.15) is 0 Å². The lowest BCUT2D eigenvalue weighted by atomic mass is 10.2. The van der Waals surface area contributed by atoms with Crippen LogP contribution in [0.15, 0.2) is 5.38 Å². The monoisotopic (exact) mass is 228 g/mol. The Morgan fingerprint density at radius 3 is 3.00 bits per heavy atom. The lowest BCUT2D eigenvalue weighted by molar-refractivity contribution is 0.195. The molecule has 0 bridgehead atoms. The minimum atomic E-state index is 0.400. The standard InChI is InChI=1S/C11H20N2OS/c1-4-9(12-2)10-8-15-11(13-10)6-5-7-14-3/h8-9,12H,4-7H2,1-3H3. The van der Waals surface area contributed by atoms with Gasteiger partial charge in [-0.25, -0.2) is 4.98 Å². The van der Waals surface area contributed by atoms with Gasteiger partial charge in [-0.3, -0.25) is 0 Å². The molecule has 0 aliphatic rings. The molecule has 1 aromatic heterocycles. The zero-order valence-electron chi connectivity index (χ0n) is 9.75. The molecule has 15 heavy (non-hydrogen) atoms. The van der Waals surface area contributed by atoms with Crippen LogP contribution in [-0.4, -0.2) is 25.7 Å². The number of nitrogens with one attached hydrogen (secondary N) is 1. The van der Waals surface area contributed by atoms with Crippen molar-refractivity contribution in [2.24, 2.45) is 0 Å². The molecule has 0 amide bonds. The lowest BCUT2D eigenvalue weighted by Crippen LogP contribution is -2.15. The van der Waals surface area contributed by atoms with E-state index < -0.39 is 0 Å². The highest BCUT2D eigenvalue weighted by atomic mass is 32.1. The molecular formula is C11H20N2OS. The van der Waals surface area contributed by atoms with Crippen LogP contribution in [0.4, 0.5) is 0 Å². The third kappa shape index (κ3) is 3.89. The van der Waals surface area contributed by atoms with Crippen LogP contribution in [0.25, 0.3) is 0 Å². The Kier molecular flexibility index (Phi) is 5.83. The van der Waals surface area contributed by atoms with Crippen LogP contribution in [0.2, 0.25) is 0 Å².